The van der Waals surface area contributed by atoms with Crippen LogP contribution in [0.2, 0.25) is 0 Å². The van der Waals surface area contributed by atoms with Crippen molar-refractivity contribution in [2.24, 2.45) is 5.92 Å². The van der Waals surface area contributed by atoms with Gasteiger partial charge in [0.05, 0.1) is 11.5 Å². The van der Waals surface area contributed by atoms with E-state index in [1.807, 2.05) is 6.07 Å². The minimum atomic E-state index is -0.387. The Hall–Kier alpha value is -0.940. The normalized spacial score (nSPS) is 15.4. The van der Waals surface area contributed by atoms with E-state index in [0.717, 1.165) is 24.5 Å². The quantitative estimate of drug-likeness (QED) is 0.452. The summed E-state index contributed by atoms with van der Waals surface area (Å²) in [6.07, 6.45) is 5.10. The molecule has 0 spiro atoms. The van der Waals surface area contributed by atoms with Crippen molar-refractivity contribution in [2.75, 3.05) is 6.61 Å². The largest absolute Gasteiger partial charge is 0.377 e. The highest BCUT2D eigenvalue weighted by Gasteiger charge is 2.17. The van der Waals surface area contributed by atoms with Crippen molar-refractivity contribution in [3.8, 4) is 0 Å². The van der Waals surface area contributed by atoms with E-state index in [1.165, 1.54) is 25.3 Å². The average molecular weight is 314 g/mol. The van der Waals surface area contributed by atoms with Crippen LogP contribution < -0.4 is 0 Å². The lowest BCUT2D eigenvalue weighted by molar-refractivity contribution is -0.385. The summed E-state index contributed by atoms with van der Waals surface area (Å²) < 4.78 is 6.12. The third kappa shape index (κ3) is 3.29. The summed E-state index contributed by atoms with van der Waals surface area (Å²) in [7, 11) is 0. The summed E-state index contributed by atoms with van der Waals surface area (Å²) in [4.78, 5) is 10.4. The van der Waals surface area contributed by atoms with Gasteiger partial charge in [-0.05, 0) is 33.8 Å². The van der Waals surface area contributed by atoms with Crippen LogP contribution in [0.1, 0.15) is 31.2 Å². The third-order valence-corrected chi connectivity index (χ3v) is 4.32. The van der Waals surface area contributed by atoms with E-state index in [2.05, 4.69) is 15.9 Å². The Morgan fingerprint density at radius 3 is 2.83 bits per heavy atom. The summed E-state index contributed by atoms with van der Waals surface area (Å²) in [6, 6.07) is 5.02. The topological polar surface area (TPSA) is 52.4 Å². The molecule has 0 unspecified atom stereocenters. The van der Waals surface area contributed by atoms with Gasteiger partial charge in [0.15, 0.2) is 0 Å². The lowest BCUT2D eigenvalue weighted by Crippen LogP contribution is -2.13. The zero-order chi connectivity index (χ0) is 13.0. The van der Waals surface area contributed by atoms with Gasteiger partial charge in [0, 0.05) is 12.7 Å². The van der Waals surface area contributed by atoms with E-state index < -0.39 is 0 Å². The Balaban J connectivity index is 1.84. The first-order chi connectivity index (χ1) is 8.68. The maximum atomic E-state index is 10.8. The SMILES string of the molecule is O=[N+]([O-])c1cccc(COCCC2CCC2)c1Br. The van der Waals surface area contributed by atoms with Crippen molar-refractivity contribution in [3.05, 3.63) is 38.3 Å². The van der Waals surface area contributed by atoms with Gasteiger partial charge in [0.2, 0.25) is 0 Å². The fraction of sp³-hybridized carbons (Fsp3) is 0.538. The van der Waals surface area contributed by atoms with Gasteiger partial charge in [-0.2, -0.15) is 0 Å². The molecule has 0 atom stereocenters. The van der Waals surface area contributed by atoms with Gasteiger partial charge < -0.3 is 4.74 Å². The zero-order valence-corrected chi connectivity index (χ0v) is 11.7. The molecule has 1 saturated carbocycles. The molecule has 5 heteroatoms. The summed E-state index contributed by atoms with van der Waals surface area (Å²) >= 11 is 3.27. The molecular formula is C13H16BrNO3. The molecule has 0 aromatic heterocycles. The van der Waals surface area contributed by atoms with Crippen LogP contribution in [0.25, 0.3) is 0 Å². The van der Waals surface area contributed by atoms with Crippen LogP contribution in [0.15, 0.2) is 22.7 Å². The van der Waals surface area contributed by atoms with E-state index in [0.29, 0.717) is 11.1 Å². The summed E-state index contributed by atoms with van der Waals surface area (Å²) in [5, 5.41) is 10.8. The van der Waals surface area contributed by atoms with Crippen LogP contribution >= 0.6 is 15.9 Å². The number of ether oxygens (including phenoxy) is 1. The van der Waals surface area contributed by atoms with E-state index in [9.17, 15) is 10.1 Å². The second kappa shape index (κ2) is 6.29. The Morgan fingerprint density at radius 2 is 2.22 bits per heavy atom. The number of nitro groups is 1. The number of benzene rings is 1. The van der Waals surface area contributed by atoms with Crippen molar-refractivity contribution in [1.82, 2.24) is 0 Å². The molecule has 1 fully saturated rings. The van der Waals surface area contributed by atoms with E-state index in [1.54, 1.807) is 6.07 Å². The summed E-state index contributed by atoms with van der Waals surface area (Å²) in [6.45, 7) is 1.16. The van der Waals surface area contributed by atoms with Gasteiger partial charge in [-0.1, -0.05) is 31.4 Å². The highest BCUT2D eigenvalue weighted by atomic mass is 79.9. The molecule has 1 aliphatic carbocycles. The number of hydrogen-bond donors (Lipinski definition) is 0. The van der Waals surface area contributed by atoms with Gasteiger partial charge in [-0.15, -0.1) is 0 Å². The maximum absolute atomic E-state index is 10.8. The predicted octanol–water partition coefficient (Wildman–Crippen LogP) is 4.06. The average Bonchev–Trinajstić information content (AvgIpc) is 2.28. The molecule has 1 aliphatic rings. The molecule has 2 rings (SSSR count). The molecule has 0 heterocycles. The van der Waals surface area contributed by atoms with E-state index in [4.69, 9.17) is 4.74 Å². The Kier molecular flexibility index (Phi) is 4.72. The molecule has 0 saturated heterocycles. The third-order valence-electron chi connectivity index (χ3n) is 3.41. The monoisotopic (exact) mass is 313 g/mol. The lowest BCUT2D eigenvalue weighted by Gasteiger charge is -2.24. The van der Waals surface area contributed by atoms with Gasteiger partial charge in [-0.25, -0.2) is 0 Å². The first-order valence-corrected chi connectivity index (χ1v) is 6.97. The molecule has 0 N–H and O–H groups in total. The van der Waals surface area contributed by atoms with Crippen LogP contribution in [-0.4, -0.2) is 11.5 Å². The zero-order valence-electron chi connectivity index (χ0n) is 10.1. The Labute approximate surface area is 115 Å². The Morgan fingerprint density at radius 1 is 1.44 bits per heavy atom. The molecule has 98 valence electrons. The molecule has 0 amide bonds. The molecule has 1 aromatic carbocycles. The van der Waals surface area contributed by atoms with Crippen molar-refractivity contribution in [2.45, 2.75) is 32.3 Å². The second-order valence-corrected chi connectivity index (χ2v) is 5.44. The van der Waals surface area contributed by atoms with Crippen LogP contribution in [0.5, 0.6) is 0 Å². The minimum Gasteiger partial charge on any atom is -0.377 e. The highest BCUT2D eigenvalue weighted by Crippen LogP contribution is 2.30. The van der Waals surface area contributed by atoms with Crippen molar-refractivity contribution >= 4 is 21.6 Å². The predicted molar refractivity (Wildman–Crippen MR) is 72.4 cm³/mol. The molecular weight excluding hydrogens is 298 g/mol. The van der Waals surface area contributed by atoms with E-state index >= 15 is 0 Å². The molecule has 0 radical (unpaired) electrons. The van der Waals surface area contributed by atoms with Gasteiger partial charge in [-0.3, -0.25) is 10.1 Å². The standard InChI is InChI=1S/C13H16BrNO3/c14-13-11(5-2-6-12(13)15(16)17)9-18-8-7-10-3-1-4-10/h2,5-6,10H,1,3-4,7-9H2. The lowest BCUT2D eigenvalue weighted by atomic mass is 9.83. The van der Waals surface area contributed by atoms with Crippen LogP contribution in [0.3, 0.4) is 0 Å². The molecule has 1 aromatic rings. The Bertz CT molecular complexity index is 432. The number of nitrogens with zero attached hydrogens (tertiary/aromatic N) is 1. The van der Waals surface area contributed by atoms with Crippen molar-refractivity contribution in [1.29, 1.82) is 0 Å². The van der Waals surface area contributed by atoms with Crippen molar-refractivity contribution < 1.29 is 9.66 Å². The highest BCUT2D eigenvalue weighted by molar-refractivity contribution is 9.10. The van der Waals surface area contributed by atoms with E-state index in [-0.39, 0.29) is 10.6 Å². The number of hydrogen-bond acceptors (Lipinski definition) is 3. The molecule has 0 bridgehead atoms. The van der Waals surface area contributed by atoms with Gasteiger partial charge in [0.25, 0.3) is 5.69 Å². The molecule has 18 heavy (non-hydrogen) atoms. The number of nitro benzene ring substituents is 1. The fourth-order valence-corrected chi connectivity index (χ4v) is 2.56. The first-order valence-electron chi connectivity index (χ1n) is 6.18. The summed E-state index contributed by atoms with van der Waals surface area (Å²) in [5.74, 6) is 0.832. The van der Waals surface area contributed by atoms with Crippen molar-refractivity contribution in [3.63, 3.8) is 0 Å². The van der Waals surface area contributed by atoms with Gasteiger partial charge >= 0.3 is 0 Å². The first kappa shape index (κ1) is 13.5. The maximum Gasteiger partial charge on any atom is 0.283 e. The second-order valence-electron chi connectivity index (χ2n) is 4.65. The smallest absolute Gasteiger partial charge is 0.283 e. The fourth-order valence-electron chi connectivity index (χ4n) is 2.03. The number of rotatable bonds is 6. The number of halogens is 1. The van der Waals surface area contributed by atoms with Crippen LogP contribution in [0.4, 0.5) is 5.69 Å². The van der Waals surface area contributed by atoms with Gasteiger partial charge in [0.1, 0.15) is 4.47 Å². The van der Waals surface area contributed by atoms with Crippen LogP contribution in [-0.2, 0) is 11.3 Å². The minimum absolute atomic E-state index is 0.0927. The summed E-state index contributed by atoms with van der Waals surface area (Å²) in [5.41, 5.74) is 0.924. The molecule has 4 nitrogen and oxygen atoms in total. The van der Waals surface area contributed by atoms with Crippen LogP contribution in [0, 0.1) is 16.0 Å². The molecule has 0 aliphatic heterocycles.